The molecule has 1 N–H and O–H groups in total. The van der Waals surface area contributed by atoms with E-state index in [2.05, 4.69) is 19.2 Å². The lowest BCUT2D eigenvalue weighted by Crippen LogP contribution is -2.30. The van der Waals surface area contributed by atoms with Crippen molar-refractivity contribution < 1.29 is 9.21 Å². The highest BCUT2D eigenvalue weighted by Crippen LogP contribution is 2.26. The quantitative estimate of drug-likeness (QED) is 0.758. The molecule has 2 heterocycles. The lowest BCUT2D eigenvalue weighted by Gasteiger charge is -2.14. The molecule has 0 aliphatic carbocycles. The summed E-state index contributed by atoms with van der Waals surface area (Å²) in [5, 5.41) is 5.03. The second-order valence-corrected chi connectivity index (χ2v) is 6.18. The summed E-state index contributed by atoms with van der Waals surface area (Å²) in [7, 11) is 0. The first-order valence-corrected chi connectivity index (χ1v) is 8.52. The Kier molecular flexibility index (Phi) is 6.05. The molecule has 0 saturated carbocycles. The zero-order valence-electron chi connectivity index (χ0n) is 12.7. The van der Waals surface area contributed by atoms with Gasteiger partial charge in [0.1, 0.15) is 11.5 Å². The third-order valence-corrected chi connectivity index (χ3v) is 4.39. The molecule has 0 aromatic carbocycles. The van der Waals surface area contributed by atoms with Gasteiger partial charge in [0, 0.05) is 5.92 Å². The number of rotatable bonds is 8. The van der Waals surface area contributed by atoms with Crippen LogP contribution >= 0.6 is 11.3 Å². The van der Waals surface area contributed by atoms with Crippen molar-refractivity contribution >= 4 is 17.2 Å². The monoisotopic (exact) mass is 305 g/mol. The molecule has 0 fully saturated rings. The Bertz CT molecular complexity index is 539. The molecule has 2 aromatic heterocycles. The van der Waals surface area contributed by atoms with Gasteiger partial charge in [0.2, 0.25) is 5.91 Å². The molecular weight excluding hydrogens is 282 g/mol. The number of hydrogen-bond donors (Lipinski definition) is 1. The minimum atomic E-state index is 0.131. The van der Waals surface area contributed by atoms with E-state index in [0.29, 0.717) is 6.54 Å². The zero-order chi connectivity index (χ0) is 15.1. The predicted molar refractivity (Wildman–Crippen MR) is 87.2 cm³/mol. The van der Waals surface area contributed by atoms with Crippen molar-refractivity contribution in [3.63, 3.8) is 0 Å². The number of hydrogen-bond acceptors (Lipinski definition) is 3. The maximum atomic E-state index is 12.2. The molecule has 0 aliphatic heterocycles. The SMILES string of the molecule is CCCC(CCC)C(=O)NCc1ccc(-c2cccs2)o1. The van der Waals surface area contributed by atoms with Gasteiger partial charge in [0.05, 0.1) is 11.4 Å². The van der Waals surface area contributed by atoms with Crippen LogP contribution in [-0.2, 0) is 11.3 Å². The molecule has 0 atom stereocenters. The molecule has 0 spiro atoms. The third-order valence-electron chi connectivity index (χ3n) is 3.51. The van der Waals surface area contributed by atoms with Crippen molar-refractivity contribution in [2.75, 3.05) is 0 Å². The number of amides is 1. The topological polar surface area (TPSA) is 42.2 Å². The lowest BCUT2D eigenvalue weighted by atomic mass is 9.97. The minimum absolute atomic E-state index is 0.131. The van der Waals surface area contributed by atoms with E-state index in [1.807, 2.05) is 29.6 Å². The van der Waals surface area contributed by atoms with Crippen LogP contribution in [0, 0.1) is 5.92 Å². The summed E-state index contributed by atoms with van der Waals surface area (Å²) in [4.78, 5) is 13.3. The second kappa shape index (κ2) is 8.03. The fraction of sp³-hybridized carbons (Fsp3) is 0.471. The molecule has 2 aromatic rings. The fourth-order valence-corrected chi connectivity index (χ4v) is 3.13. The van der Waals surface area contributed by atoms with Gasteiger partial charge in [-0.05, 0) is 36.4 Å². The van der Waals surface area contributed by atoms with Crippen molar-refractivity contribution in [2.45, 2.75) is 46.1 Å². The Labute approximate surface area is 130 Å². The second-order valence-electron chi connectivity index (χ2n) is 5.24. The summed E-state index contributed by atoms with van der Waals surface area (Å²) in [6, 6.07) is 7.93. The van der Waals surface area contributed by atoms with Crippen LogP contribution in [0.2, 0.25) is 0 Å². The summed E-state index contributed by atoms with van der Waals surface area (Å²) in [5.41, 5.74) is 0. The van der Waals surface area contributed by atoms with E-state index < -0.39 is 0 Å². The molecule has 0 aliphatic rings. The number of carbonyl (C=O) groups is 1. The fourth-order valence-electron chi connectivity index (χ4n) is 2.45. The van der Waals surface area contributed by atoms with E-state index in [9.17, 15) is 4.79 Å². The summed E-state index contributed by atoms with van der Waals surface area (Å²) in [5.74, 6) is 1.95. The average molecular weight is 305 g/mol. The largest absolute Gasteiger partial charge is 0.458 e. The van der Waals surface area contributed by atoms with E-state index in [-0.39, 0.29) is 11.8 Å². The standard InChI is InChI=1S/C17H23NO2S/c1-3-6-13(7-4-2)17(19)18-12-14-9-10-15(20-14)16-8-5-11-21-16/h5,8-11,13H,3-4,6-7,12H2,1-2H3,(H,18,19). The highest BCUT2D eigenvalue weighted by molar-refractivity contribution is 7.13. The Balaban J connectivity index is 1.89. The number of nitrogens with one attached hydrogen (secondary N) is 1. The molecule has 0 radical (unpaired) electrons. The molecule has 0 unspecified atom stereocenters. The average Bonchev–Trinajstić information content (AvgIpc) is 3.15. The van der Waals surface area contributed by atoms with Crippen molar-refractivity contribution in [1.29, 1.82) is 0 Å². The molecule has 3 nitrogen and oxygen atoms in total. The molecule has 0 saturated heterocycles. The smallest absolute Gasteiger partial charge is 0.223 e. The van der Waals surface area contributed by atoms with Gasteiger partial charge in [0.15, 0.2) is 0 Å². The molecule has 1 amide bonds. The van der Waals surface area contributed by atoms with Crippen LogP contribution in [0.3, 0.4) is 0 Å². The van der Waals surface area contributed by atoms with Crippen LogP contribution in [-0.4, -0.2) is 5.91 Å². The number of furan rings is 1. The predicted octanol–water partition coefficient (Wildman–Crippen LogP) is 4.84. The van der Waals surface area contributed by atoms with Gasteiger partial charge in [-0.15, -0.1) is 11.3 Å². The van der Waals surface area contributed by atoms with Crippen molar-refractivity contribution in [2.24, 2.45) is 5.92 Å². The van der Waals surface area contributed by atoms with Gasteiger partial charge in [-0.25, -0.2) is 0 Å². The molecule has 114 valence electrons. The molecule has 0 bridgehead atoms. The van der Waals surface area contributed by atoms with Crippen molar-refractivity contribution in [3.05, 3.63) is 35.4 Å². The van der Waals surface area contributed by atoms with Crippen LogP contribution in [0.15, 0.2) is 34.1 Å². The van der Waals surface area contributed by atoms with Gasteiger partial charge in [-0.1, -0.05) is 32.8 Å². The summed E-state index contributed by atoms with van der Waals surface area (Å²) >= 11 is 1.65. The summed E-state index contributed by atoms with van der Waals surface area (Å²) in [6.07, 6.45) is 4.00. The summed E-state index contributed by atoms with van der Waals surface area (Å²) in [6.45, 7) is 4.71. The Morgan fingerprint density at radius 3 is 2.62 bits per heavy atom. The van der Waals surface area contributed by atoms with Gasteiger partial charge in [-0.2, -0.15) is 0 Å². The third kappa shape index (κ3) is 4.46. The van der Waals surface area contributed by atoms with Gasteiger partial charge in [-0.3, -0.25) is 4.79 Å². The van der Waals surface area contributed by atoms with Gasteiger partial charge < -0.3 is 9.73 Å². The Morgan fingerprint density at radius 1 is 1.24 bits per heavy atom. The Hall–Kier alpha value is -1.55. The highest BCUT2D eigenvalue weighted by atomic mass is 32.1. The van der Waals surface area contributed by atoms with E-state index in [0.717, 1.165) is 42.1 Å². The normalized spacial score (nSPS) is 11.0. The van der Waals surface area contributed by atoms with Crippen LogP contribution in [0.5, 0.6) is 0 Å². The Morgan fingerprint density at radius 2 is 2.00 bits per heavy atom. The molecular formula is C17H23NO2S. The lowest BCUT2D eigenvalue weighted by molar-refractivity contribution is -0.125. The van der Waals surface area contributed by atoms with Crippen LogP contribution in [0.25, 0.3) is 10.6 Å². The maximum Gasteiger partial charge on any atom is 0.223 e. The number of carbonyl (C=O) groups excluding carboxylic acids is 1. The van der Waals surface area contributed by atoms with Gasteiger partial charge >= 0.3 is 0 Å². The van der Waals surface area contributed by atoms with Crippen molar-refractivity contribution in [3.8, 4) is 10.6 Å². The van der Waals surface area contributed by atoms with Gasteiger partial charge in [0.25, 0.3) is 0 Å². The number of thiophene rings is 1. The van der Waals surface area contributed by atoms with E-state index in [1.165, 1.54) is 0 Å². The maximum absolute atomic E-state index is 12.2. The molecule has 21 heavy (non-hydrogen) atoms. The first-order chi connectivity index (χ1) is 10.2. The first kappa shape index (κ1) is 15.8. The first-order valence-electron chi connectivity index (χ1n) is 7.64. The minimum Gasteiger partial charge on any atom is -0.458 e. The van der Waals surface area contributed by atoms with Crippen LogP contribution in [0.4, 0.5) is 0 Å². The van der Waals surface area contributed by atoms with E-state index in [4.69, 9.17) is 4.42 Å². The molecule has 2 rings (SSSR count). The van der Waals surface area contributed by atoms with E-state index >= 15 is 0 Å². The van der Waals surface area contributed by atoms with E-state index in [1.54, 1.807) is 11.3 Å². The zero-order valence-corrected chi connectivity index (χ0v) is 13.5. The molecule has 4 heteroatoms. The summed E-state index contributed by atoms with van der Waals surface area (Å²) < 4.78 is 5.77. The van der Waals surface area contributed by atoms with Crippen LogP contribution < -0.4 is 5.32 Å². The van der Waals surface area contributed by atoms with Crippen LogP contribution in [0.1, 0.15) is 45.3 Å². The highest BCUT2D eigenvalue weighted by Gasteiger charge is 2.16. The van der Waals surface area contributed by atoms with Crippen molar-refractivity contribution in [1.82, 2.24) is 5.32 Å².